The maximum absolute atomic E-state index is 14.1. The summed E-state index contributed by atoms with van der Waals surface area (Å²) in [7, 11) is 0. The van der Waals surface area contributed by atoms with Gasteiger partial charge in [0, 0.05) is 50.0 Å². The van der Waals surface area contributed by atoms with Gasteiger partial charge in [-0.15, -0.1) is 0 Å². The molecule has 1 saturated carbocycles. The number of rotatable bonds is 6. The Morgan fingerprint density at radius 2 is 1.86 bits per heavy atom. The van der Waals surface area contributed by atoms with Crippen LogP contribution in [0, 0.1) is 18.3 Å². The van der Waals surface area contributed by atoms with Crippen LogP contribution in [0.3, 0.4) is 0 Å². The van der Waals surface area contributed by atoms with Crippen LogP contribution >= 0.6 is 0 Å². The van der Waals surface area contributed by atoms with Crippen molar-refractivity contribution in [2.45, 2.75) is 69.8 Å². The van der Waals surface area contributed by atoms with Crippen molar-refractivity contribution in [2.24, 2.45) is 11.3 Å². The lowest BCUT2D eigenvalue weighted by molar-refractivity contribution is -0.141. The predicted molar refractivity (Wildman–Crippen MR) is 177 cm³/mol. The Kier molecular flexibility index (Phi) is 8.51. The molecule has 3 aromatic rings. The lowest BCUT2D eigenvalue weighted by Crippen LogP contribution is -2.47. The molecule has 264 valence electrons. The molecule has 1 aliphatic carbocycles. The Morgan fingerprint density at radius 1 is 1.06 bits per heavy atom. The molecule has 4 fully saturated rings. The number of likely N-dealkylation sites (tertiary alicyclic amines) is 2. The number of hydrogen-bond acceptors (Lipinski definition) is 9. The van der Waals surface area contributed by atoms with Crippen molar-refractivity contribution < 1.29 is 27.3 Å². The Balaban J connectivity index is 0.853. The zero-order valence-electron chi connectivity index (χ0n) is 28.0. The maximum atomic E-state index is 14.1. The van der Waals surface area contributed by atoms with Crippen molar-refractivity contribution in [1.29, 1.82) is 0 Å². The molecule has 3 saturated heterocycles. The lowest BCUT2D eigenvalue weighted by Gasteiger charge is -2.38. The van der Waals surface area contributed by atoms with Gasteiger partial charge in [-0.05, 0) is 98.9 Å². The van der Waals surface area contributed by atoms with Crippen molar-refractivity contribution in [1.82, 2.24) is 40.7 Å². The molecular weight excluding hydrogens is 649 g/mol. The highest BCUT2D eigenvalue weighted by Gasteiger charge is 2.54. The van der Waals surface area contributed by atoms with E-state index in [0.717, 1.165) is 55.7 Å². The van der Waals surface area contributed by atoms with E-state index in [0.29, 0.717) is 56.5 Å². The molecule has 5 aliphatic rings. The van der Waals surface area contributed by atoms with Gasteiger partial charge in [-0.25, -0.2) is 5.43 Å². The van der Waals surface area contributed by atoms with Gasteiger partial charge in [0.2, 0.25) is 11.8 Å². The number of carbonyl (C=O) groups is 2. The highest BCUT2D eigenvalue weighted by Crippen LogP contribution is 2.46. The molecule has 8 rings (SSSR count). The van der Waals surface area contributed by atoms with Gasteiger partial charge < -0.3 is 14.3 Å². The third-order valence-corrected chi connectivity index (χ3v) is 11.5. The van der Waals surface area contributed by atoms with Crippen LogP contribution in [0.1, 0.15) is 67.2 Å². The topological polar surface area (TPSA) is 120 Å². The first-order chi connectivity index (χ1) is 24.1. The molecule has 1 aromatic carbocycles. The number of fused-ring (bicyclic) bond motifs is 1. The predicted octanol–water partition coefficient (Wildman–Crippen LogP) is 4.39. The van der Waals surface area contributed by atoms with Crippen LogP contribution in [0.2, 0.25) is 0 Å². The van der Waals surface area contributed by atoms with Gasteiger partial charge in [-0.1, -0.05) is 23.4 Å². The number of nitrogens with one attached hydrogen (secondary N) is 2. The van der Waals surface area contributed by atoms with Crippen LogP contribution in [0.5, 0.6) is 0 Å². The molecule has 2 N–H and O–H groups in total. The van der Waals surface area contributed by atoms with Crippen LogP contribution in [0.25, 0.3) is 17.0 Å². The summed E-state index contributed by atoms with van der Waals surface area (Å²) in [6.07, 6.45) is 3.51. The van der Waals surface area contributed by atoms with E-state index < -0.39 is 17.3 Å². The number of benzene rings is 1. The van der Waals surface area contributed by atoms with E-state index in [-0.39, 0.29) is 35.9 Å². The highest BCUT2D eigenvalue weighted by atomic mass is 19.4. The van der Waals surface area contributed by atoms with E-state index in [1.807, 2.05) is 34.1 Å². The van der Waals surface area contributed by atoms with Crippen molar-refractivity contribution in [3.05, 3.63) is 71.3 Å². The van der Waals surface area contributed by atoms with Gasteiger partial charge >= 0.3 is 6.18 Å². The number of pyridine rings is 1. The fourth-order valence-electron chi connectivity index (χ4n) is 8.80. The van der Waals surface area contributed by atoms with Crippen LogP contribution in [-0.4, -0.2) is 93.0 Å². The second-order valence-electron chi connectivity index (χ2n) is 14.5. The fourth-order valence-corrected chi connectivity index (χ4v) is 8.80. The smallest absolute Gasteiger partial charge is 0.339 e. The van der Waals surface area contributed by atoms with Gasteiger partial charge in [-0.2, -0.15) is 18.2 Å². The molecule has 14 heteroatoms. The summed E-state index contributed by atoms with van der Waals surface area (Å²) in [5.74, 6) is 1.39. The monoisotopic (exact) mass is 690 g/mol. The lowest BCUT2D eigenvalue weighted by atomic mass is 9.76. The summed E-state index contributed by atoms with van der Waals surface area (Å²) in [4.78, 5) is 41.3. The van der Waals surface area contributed by atoms with Gasteiger partial charge in [0.1, 0.15) is 5.69 Å². The van der Waals surface area contributed by atoms with E-state index in [4.69, 9.17) is 4.52 Å². The van der Waals surface area contributed by atoms with Crippen LogP contribution in [0.15, 0.2) is 53.2 Å². The summed E-state index contributed by atoms with van der Waals surface area (Å²) < 4.78 is 45.4. The molecule has 11 nitrogen and oxygen atoms in total. The average molecular weight is 691 g/mol. The van der Waals surface area contributed by atoms with Crippen molar-refractivity contribution in [2.75, 3.05) is 39.3 Å². The number of alkyl halides is 3. The van der Waals surface area contributed by atoms with E-state index in [1.54, 1.807) is 13.0 Å². The Hall–Kier alpha value is -4.14. The number of aromatic nitrogens is 3. The van der Waals surface area contributed by atoms with E-state index in [9.17, 15) is 22.8 Å². The van der Waals surface area contributed by atoms with E-state index in [1.165, 1.54) is 11.8 Å². The highest BCUT2D eigenvalue weighted by molar-refractivity contribution is 5.86. The summed E-state index contributed by atoms with van der Waals surface area (Å²) in [5.41, 5.74) is 8.90. The molecule has 4 unspecified atom stereocenters. The number of halogens is 3. The maximum Gasteiger partial charge on any atom is 0.433 e. The van der Waals surface area contributed by atoms with Gasteiger partial charge in [0.05, 0.1) is 18.0 Å². The third-order valence-electron chi connectivity index (χ3n) is 11.5. The van der Waals surface area contributed by atoms with E-state index >= 15 is 0 Å². The number of carbonyl (C=O) groups excluding carboxylic acids is 2. The molecule has 0 radical (unpaired) electrons. The molecule has 6 heterocycles. The summed E-state index contributed by atoms with van der Waals surface area (Å²) in [6.45, 7) is 5.25. The molecule has 2 amide bonds. The Bertz CT molecular complexity index is 1800. The second-order valence-corrected chi connectivity index (χ2v) is 14.5. The van der Waals surface area contributed by atoms with Crippen molar-refractivity contribution in [3.63, 3.8) is 0 Å². The van der Waals surface area contributed by atoms with Crippen molar-refractivity contribution >= 4 is 17.4 Å². The fraction of sp³-hybridized carbons (Fsp3) is 0.528. The summed E-state index contributed by atoms with van der Waals surface area (Å²) in [6, 6.07) is 10.7. The van der Waals surface area contributed by atoms with Gasteiger partial charge in [0.15, 0.2) is 5.82 Å². The summed E-state index contributed by atoms with van der Waals surface area (Å²) in [5, 5.41) is 3.85. The Labute approximate surface area is 288 Å². The average Bonchev–Trinajstić information content (AvgIpc) is 3.92. The second kappa shape index (κ2) is 12.9. The quantitative estimate of drug-likeness (QED) is 0.389. The van der Waals surface area contributed by atoms with E-state index in [2.05, 4.69) is 37.0 Å². The normalized spacial score (nSPS) is 28.8. The minimum absolute atomic E-state index is 0.0421. The van der Waals surface area contributed by atoms with Crippen LogP contribution < -0.4 is 10.9 Å². The number of hydrogen-bond donors (Lipinski definition) is 2. The molecule has 50 heavy (non-hydrogen) atoms. The first-order valence-electron chi connectivity index (χ1n) is 17.5. The molecular formula is C36H41F3N8O3. The molecule has 5 atom stereocenters. The SMILES string of the molecule is Cc1noc(-c2ccc(C3=CCN(C(=O)CN4CC[C@]5(CCN(C6CCC7NNC(c8ccnc(C(F)(F)F)c8)C7C6)C5=O)C4)CC3)cc2)n1. The molecule has 2 aromatic heterocycles. The summed E-state index contributed by atoms with van der Waals surface area (Å²) >= 11 is 0. The van der Waals surface area contributed by atoms with Crippen molar-refractivity contribution in [3.8, 4) is 11.5 Å². The zero-order valence-corrected chi connectivity index (χ0v) is 28.0. The standard InChI is InChI=1S/C36H41F3N8O3/c1-22-41-33(50-44-22)25-4-2-23(3-5-25)24-9-14-46(15-10-24)31(48)20-45-16-11-35(21-45)12-17-47(34(35)49)27-6-7-29-28(19-27)32(43-42-29)26-8-13-40-30(18-26)36(37,38)39/h2-5,8-9,13,18,27-29,32,42-43H,6-7,10-12,14-17,19-21H2,1H3/t27?,28?,29?,32?,35-/m0/s1. The first-order valence-corrected chi connectivity index (χ1v) is 17.5. The zero-order chi connectivity index (χ0) is 34.6. The number of amides is 2. The largest absolute Gasteiger partial charge is 0.433 e. The van der Waals surface area contributed by atoms with Gasteiger partial charge in [-0.3, -0.25) is 24.9 Å². The molecule has 4 aliphatic heterocycles. The number of aryl methyl sites for hydroxylation is 1. The van der Waals surface area contributed by atoms with Gasteiger partial charge in [0.25, 0.3) is 5.89 Å². The number of hydrazine groups is 1. The Morgan fingerprint density at radius 3 is 2.60 bits per heavy atom. The molecule has 1 spiro atoms. The van der Waals surface area contributed by atoms with Crippen LogP contribution in [-0.2, 0) is 15.8 Å². The molecule has 0 bridgehead atoms. The minimum atomic E-state index is -4.51. The minimum Gasteiger partial charge on any atom is -0.339 e. The van der Waals surface area contributed by atoms with Crippen LogP contribution in [0.4, 0.5) is 13.2 Å². The number of nitrogens with zero attached hydrogens (tertiary/aromatic N) is 6. The third kappa shape index (κ3) is 6.21. The first kappa shape index (κ1) is 33.0.